The van der Waals surface area contributed by atoms with Gasteiger partial charge in [-0.3, -0.25) is 14.5 Å². The smallest absolute Gasteiger partial charge is 0.327 e. The van der Waals surface area contributed by atoms with Crippen LogP contribution in [-0.4, -0.2) is 64.7 Å². The summed E-state index contributed by atoms with van der Waals surface area (Å²) in [5.41, 5.74) is -0.487. The molecule has 0 aliphatic carbocycles. The fourth-order valence-corrected chi connectivity index (χ4v) is 5.02. The minimum atomic E-state index is -0.708. The van der Waals surface area contributed by atoms with E-state index in [0.717, 1.165) is 64.2 Å². The molecule has 186 valence electrons. The Balaban J connectivity index is 2.36. The first-order valence-corrected chi connectivity index (χ1v) is 12.7. The number of carboxylic acid groups (broad SMARTS) is 1. The van der Waals surface area contributed by atoms with Crippen LogP contribution in [-0.2, 0) is 14.3 Å². The van der Waals surface area contributed by atoms with Gasteiger partial charge in [0.1, 0.15) is 6.54 Å². The number of amides is 3. The molecule has 0 aromatic carbocycles. The largest absolute Gasteiger partial charge is 0.481 e. The van der Waals surface area contributed by atoms with Gasteiger partial charge in [0, 0.05) is 19.8 Å². The number of imide groups is 1. The van der Waals surface area contributed by atoms with E-state index in [9.17, 15) is 19.5 Å². The molecule has 1 rings (SSSR count). The molecule has 1 fully saturated rings. The number of rotatable bonds is 18. The molecule has 1 aliphatic heterocycles. The summed E-state index contributed by atoms with van der Waals surface area (Å²) in [6, 6.07) is -0.143. The topological polar surface area (TPSA) is 87.2 Å². The highest BCUT2D eigenvalue weighted by Gasteiger charge is 2.46. The number of carbonyl (C=O) groups excluding carboxylic acids is 2. The van der Waals surface area contributed by atoms with Gasteiger partial charge in [-0.05, 0) is 70.1 Å². The Morgan fingerprint density at radius 3 is 1.91 bits per heavy atom. The summed E-state index contributed by atoms with van der Waals surface area (Å²) in [6.45, 7) is 12.3. The summed E-state index contributed by atoms with van der Waals surface area (Å²) < 4.78 is 5.81. The number of nitrogens with zero attached hydrogens (tertiary/aromatic N) is 2. The van der Waals surface area contributed by atoms with Gasteiger partial charge in [-0.15, -0.1) is 0 Å². The second-order valence-electron chi connectivity index (χ2n) is 9.26. The van der Waals surface area contributed by atoms with E-state index in [1.165, 1.54) is 4.90 Å². The molecular formula is C25H46N2O5. The van der Waals surface area contributed by atoms with Crippen molar-refractivity contribution in [2.45, 2.75) is 111 Å². The molecule has 0 atom stereocenters. The van der Waals surface area contributed by atoms with Crippen molar-refractivity contribution in [2.75, 3.05) is 26.3 Å². The molecule has 7 nitrogen and oxygen atoms in total. The van der Waals surface area contributed by atoms with Crippen LogP contribution >= 0.6 is 0 Å². The second-order valence-corrected chi connectivity index (χ2v) is 9.26. The molecule has 0 bridgehead atoms. The molecule has 32 heavy (non-hydrogen) atoms. The standard InChI is InChI=1S/C25H46N2O5/c1-6-24(7-2,19-22(29)30)15-11-13-17-32-18-14-12-16-25(8-3,9-4)27-21(28)20-26(10-5)23(27)31/h6-20H2,1-5H3,(H,29,30). The molecule has 0 aromatic rings. The monoisotopic (exact) mass is 454 g/mol. The quantitative estimate of drug-likeness (QED) is 0.219. The molecule has 7 heteroatoms. The number of carboxylic acids is 1. The van der Waals surface area contributed by atoms with Gasteiger partial charge in [0.25, 0.3) is 5.91 Å². The third kappa shape index (κ3) is 7.46. The summed E-state index contributed by atoms with van der Waals surface area (Å²) in [5.74, 6) is -0.783. The maximum atomic E-state index is 12.7. The van der Waals surface area contributed by atoms with E-state index in [1.807, 2.05) is 6.92 Å². The van der Waals surface area contributed by atoms with E-state index >= 15 is 0 Å². The van der Waals surface area contributed by atoms with E-state index in [0.29, 0.717) is 19.8 Å². The first kappa shape index (κ1) is 28.4. The number of hydrogen-bond acceptors (Lipinski definition) is 4. The summed E-state index contributed by atoms with van der Waals surface area (Å²) in [5, 5.41) is 9.18. The first-order chi connectivity index (χ1) is 15.2. The molecule has 0 saturated carbocycles. The van der Waals surface area contributed by atoms with Crippen molar-refractivity contribution in [1.82, 2.24) is 9.80 Å². The normalized spacial score (nSPS) is 15.2. The van der Waals surface area contributed by atoms with Crippen LogP contribution in [0.1, 0.15) is 105 Å². The Bertz CT molecular complexity index is 599. The van der Waals surface area contributed by atoms with Crippen molar-refractivity contribution in [1.29, 1.82) is 0 Å². The van der Waals surface area contributed by atoms with Crippen LogP contribution in [0, 0.1) is 5.41 Å². The Kier molecular flexibility index (Phi) is 12.3. The van der Waals surface area contributed by atoms with E-state index in [1.54, 1.807) is 4.90 Å². The van der Waals surface area contributed by atoms with Crippen LogP contribution < -0.4 is 0 Å². The van der Waals surface area contributed by atoms with Crippen LogP contribution in [0.3, 0.4) is 0 Å². The van der Waals surface area contributed by atoms with Crippen LogP contribution in [0.2, 0.25) is 0 Å². The Morgan fingerprint density at radius 1 is 0.906 bits per heavy atom. The Morgan fingerprint density at radius 2 is 1.47 bits per heavy atom. The molecule has 0 unspecified atom stereocenters. The molecule has 0 aromatic heterocycles. The SMILES string of the molecule is CCN1CC(=O)N(C(CC)(CC)CCCCOCCCCC(CC)(CC)CC(=O)O)C1=O. The maximum absolute atomic E-state index is 12.7. The number of hydrogen-bond donors (Lipinski definition) is 1. The lowest BCUT2D eigenvalue weighted by atomic mass is 9.75. The lowest BCUT2D eigenvalue weighted by Gasteiger charge is -2.39. The predicted molar refractivity (Wildman–Crippen MR) is 127 cm³/mol. The average molecular weight is 455 g/mol. The van der Waals surface area contributed by atoms with Gasteiger partial charge < -0.3 is 14.7 Å². The van der Waals surface area contributed by atoms with E-state index in [-0.39, 0.29) is 30.3 Å². The molecule has 1 saturated heterocycles. The third-order valence-electron chi connectivity index (χ3n) is 7.66. The lowest BCUT2D eigenvalue weighted by Crippen LogP contribution is -2.51. The summed E-state index contributed by atoms with van der Waals surface area (Å²) in [4.78, 5) is 39.5. The van der Waals surface area contributed by atoms with E-state index < -0.39 is 11.5 Å². The molecular weight excluding hydrogens is 408 g/mol. The van der Waals surface area contributed by atoms with Gasteiger partial charge in [-0.1, -0.05) is 34.1 Å². The van der Waals surface area contributed by atoms with Gasteiger partial charge in [-0.2, -0.15) is 0 Å². The third-order valence-corrected chi connectivity index (χ3v) is 7.66. The zero-order valence-electron chi connectivity index (χ0n) is 21.1. The fraction of sp³-hybridized carbons (Fsp3) is 0.880. The van der Waals surface area contributed by atoms with Gasteiger partial charge in [-0.25, -0.2) is 4.79 Å². The first-order valence-electron chi connectivity index (χ1n) is 12.7. The van der Waals surface area contributed by atoms with Crippen molar-refractivity contribution in [2.24, 2.45) is 5.41 Å². The minimum Gasteiger partial charge on any atom is -0.481 e. The van der Waals surface area contributed by atoms with Crippen LogP contribution in [0.4, 0.5) is 4.79 Å². The molecule has 3 amide bonds. The number of aliphatic carboxylic acids is 1. The number of unbranched alkanes of at least 4 members (excludes halogenated alkanes) is 2. The highest BCUT2D eigenvalue weighted by atomic mass is 16.5. The second kappa shape index (κ2) is 13.8. The van der Waals surface area contributed by atoms with Gasteiger partial charge >= 0.3 is 12.0 Å². The molecule has 0 radical (unpaired) electrons. The van der Waals surface area contributed by atoms with Crippen molar-refractivity contribution in [3.8, 4) is 0 Å². The Hall–Kier alpha value is -1.63. The van der Waals surface area contributed by atoms with Crippen LogP contribution in [0.15, 0.2) is 0 Å². The summed E-state index contributed by atoms with van der Waals surface area (Å²) in [7, 11) is 0. The Labute approximate surface area is 194 Å². The maximum Gasteiger partial charge on any atom is 0.327 e. The van der Waals surface area contributed by atoms with Gasteiger partial charge in [0.15, 0.2) is 0 Å². The van der Waals surface area contributed by atoms with E-state index in [4.69, 9.17) is 4.74 Å². The molecule has 1 aliphatic rings. The van der Waals surface area contributed by atoms with Crippen molar-refractivity contribution < 1.29 is 24.2 Å². The number of likely N-dealkylation sites (N-methyl/N-ethyl adjacent to an activating group) is 1. The van der Waals surface area contributed by atoms with E-state index in [2.05, 4.69) is 27.7 Å². The molecule has 1 N–H and O–H groups in total. The predicted octanol–water partition coefficient (Wildman–Crippen LogP) is 5.47. The number of urea groups is 1. The molecule has 1 heterocycles. The summed E-state index contributed by atoms with van der Waals surface area (Å²) in [6.07, 6.45) is 9.06. The highest BCUT2D eigenvalue weighted by molar-refractivity contribution is 6.02. The van der Waals surface area contributed by atoms with Gasteiger partial charge in [0.2, 0.25) is 0 Å². The lowest BCUT2D eigenvalue weighted by molar-refractivity contribution is -0.140. The zero-order chi connectivity index (χ0) is 24.2. The van der Waals surface area contributed by atoms with Crippen LogP contribution in [0.5, 0.6) is 0 Å². The van der Waals surface area contributed by atoms with Crippen molar-refractivity contribution in [3.05, 3.63) is 0 Å². The summed E-state index contributed by atoms with van der Waals surface area (Å²) >= 11 is 0. The minimum absolute atomic E-state index is 0.0741. The van der Waals surface area contributed by atoms with Crippen LogP contribution in [0.25, 0.3) is 0 Å². The average Bonchev–Trinajstić information content (AvgIpc) is 3.08. The fourth-order valence-electron chi connectivity index (χ4n) is 5.02. The van der Waals surface area contributed by atoms with Crippen molar-refractivity contribution in [3.63, 3.8) is 0 Å². The van der Waals surface area contributed by atoms with Gasteiger partial charge in [0.05, 0.1) is 12.0 Å². The zero-order valence-corrected chi connectivity index (χ0v) is 21.1. The number of carbonyl (C=O) groups is 3. The number of ether oxygens (including phenoxy) is 1. The van der Waals surface area contributed by atoms with Crippen molar-refractivity contribution >= 4 is 17.9 Å². The molecule has 0 spiro atoms. The highest BCUT2D eigenvalue weighted by Crippen LogP contribution is 2.36.